The number of sulfone groups is 1. The fraction of sp³-hybridized carbons (Fsp3) is 0.0952. The molecule has 0 unspecified atom stereocenters. The van der Waals surface area contributed by atoms with Crippen LogP contribution in [0.25, 0.3) is 5.78 Å². The first kappa shape index (κ1) is 20.1. The zero-order chi connectivity index (χ0) is 21.3. The quantitative estimate of drug-likeness (QED) is 0.513. The number of aromatic nitrogens is 3. The number of nitrogens with zero attached hydrogens (tertiary/aromatic N) is 3. The number of halogens is 1. The maximum Gasteiger partial charge on any atom is 0.254 e. The van der Waals surface area contributed by atoms with Crippen molar-refractivity contribution in [2.24, 2.45) is 0 Å². The molecule has 0 aliphatic heterocycles. The minimum absolute atomic E-state index is 0.140. The molecule has 4 rings (SSSR count). The number of amides is 1. The zero-order valence-corrected chi connectivity index (χ0v) is 17.5. The zero-order valence-electron chi connectivity index (χ0n) is 15.9. The Hall–Kier alpha value is -3.23. The second kappa shape index (κ2) is 7.89. The minimum Gasteiger partial charge on any atom is -0.348 e. The molecule has 0 aliphatic carbocycles. The molecule has 7 nitrogen and oxygen atoms in total. The van der Waals surface area contributed by atoms with Crippen LogP contribution in [-0.4, -0.2) is 28.7 Å². The van der Waals surface area contributed by atoms with Crippen LogP contribution in [0.5, 0.6) is 0 Å². The number of nitrogens with one attached hydrogen (secondary N) is 1. The van der Waals surface area contributed by atoms with Crippen LogP contribution in [-0.2, 0) is 16.4 Å². The third-order valence-corrected chi connectivity index (χ3v) is 6.82. The first-order valence-corrected chi connectivity index (χ1v) is 10.9. The Morgan fingerprint density at radius 1 is 1.10 bits per heavy atom. The molecule has 0 spiro atoms. The Labute approximate surface area is 178 Å². The number of imidazole rings is 1. The molecule has 0 fully saturated rings. The number of hydrogen-bond donors (Lipinski definition) is 1. The van der Waals surface area contributed by atoms with E-state index in [1.54, 1.807) is 41.2 Å². The van der Waals surface area contributed by atoms with Crippen LogP contribution in [0.3, 0.4) is 0 Å². The van der Waals surface area contributed by atoms with E-state index >= 15 is 0 Å². The van der Waals surface area contributed by atoms with Crippen molar-refractivity contribution in [2.75, 3.05) is 0 Å². The SMILES string of the molecule is Cc1ccc(S(=O)(=O)c2ccc(CNC(=O)c3cnc4nccn4c3)cc2)cc1Cl. The van der Waals surface area contributed by atoms with Gasteiger partial charge in [0.25, 0.3) is 5.91 Å². The third kappa shape index (κ3) is 3.92. The highest BCUT2D eigenvalue weighted by Crippen LogP contribution is 2.25. The van der Waals surface area contributed by atoms with Gasteiger partial charge in [0, 0.05) is 36.4 Å². The van der Waals surface area contributed by atoms with E-state index in [2.05, 4.69) is 15.3 Å². The number of fused-ring (bicyclic) bond motifs is 1. The maximum absolute atomic E-state index is 12.8. The second-order valence-corrected chi connectivity index (χ2v) is 9.08. The summed E-state index contributed by atoms with van der Waals surface area (Å²) in [4.78, 5) is 20.8. The molecular weight excluding hydrogens is 424 g/mol. The molecule has 4 aromatic rings. The molecule has 0 saturated heterocycles. The summed E-state index contributed by atoms with van der Waals surface area (Å²) in [5.41, 5.74) is 1.97. The molecule has 1 amide bonds. The molecule has 0 radical (unpaired) electrons. The summed E-state index contributed by atoms with van der Waals surface area (Å²) in [6.45, 7) is 2.06. The van der Waals surface area contributed by atoms with Gasteiger partial charge in [0.2, 0.25) is 15.6 Å². The van der Waals surface area contributed by atoms with Crippen molar-refractivity contribution in [3.05, 3.63) is 89.0 Å². The molecule has 0 aliphatic rings. The summed E-state index contributed by atoms with van der Waals surface area (Å²) >= 11 is 6.07. The van der Waals surface area contributed by atoms with Crippen LogP contribution in [0.15, 0.2) is 77.0 Å². The van der Waals surface area contributed by atoms with Gasteiger partial charge in [0.15, 0.2) is 0 Å². The van der Waals surface area contributed by atoms with E-state index in [1.165, 1.54) is 30.5 Å². The summed E-state index contributed by atoms with van der Waals surface area (Å²) < 4.78 is 27.3. The van der Waals surface area contributed by atoms with Gasteiger partial charge in [-0.3, -0.25) is 9.20 Å². The lowest BCUT2D eigenvalue weighted by molar-refractivity contribution is 0.0950. The van der Waals surface area contributed by atoms with Crippen molar-refractivity contribution >= 4 is 33.1 Å². The van der Waals surface area contributed by atoms with Crippen LogP contribution in [0.2, 0.25) is 5.02 Å². The smallest absolute Gasteiger partial charge is 0.254 e. The third-order valence-electron chi connectivity index (χ3n) is 4.65. The Balaban J connectivity index is 1.46. The number of carbonyl (C=O) groups excluding carboxylic acids is 1. The average Bonchev–Trinajstić information content (AvgIpc) is 3.22. The van der Waals surface area contributed by atoms with Gasteiger partial charge in [-0.2, -0.15) is 0 Å². The monoisotopic (exact) mass is 440 g/mol. The lowest BCUT2D eigenvalue weighted by atomic mass is 10.2. The molecule has 0 bridgehead atoms. The van der Waals surface area contributed by atoms with Gasteiger partial charge in [-0.15, -0.1) is 0 Å². The van der Waals surface area contributed by atoms with E-state index < -0.39 is 9.84 Å². The Kier molecular flexibility index (Phi) is 5.27. The van der Waals surface area contributed by atoms with Gasteiger partial charge in [0.05, 0.1) is 15.4 Å². The van der Waals surface area contributed by atoms with Crippen LogP contribution < -0.4 is 5.32 Å². The van der Waals surface area contributed by atoms with E-state index in [-0.39, 0.29) is 22.2 Å². The standard InChI is InChI=1S/C21H17ClN4O3S/c1-14-2-5-18(10-19(14)22)30(28,29)17-6-3-15(4-7-17)11-24-20(27)16-12-25-21-23-8-9-26(21)13-16/h2-10,12-13H,11H2,1H3,(H,24,27). The molecule has 2 aromatic heterocycles. The van der Waals surface area contributed by atoms with Gasteiger partial charge in [-0.05, 0) is 42.3 Å². The topological polar surface area (TPSA) is 93.4 Å². The molecule has 152 valence electrons. The van der Waals surface area contributed by atoms with Gasteiger partial charge < -0.3 is 5.32 Å². The average molecular weight is 441 g/mol. The molecule has 30 heavy (non-hydrogen) atoms. The van der Waals surface area contributed by atoms with Crippen molar-refractivity contribution in [2.45, 2.75) is 23.3 Å². The lowest BCUT2D eigenvalue weighted by Gasteiger charge is -2.09. The van der Waals surface area contributed by atoms with E-state index in [4.69, 9.17) is 11.6 Å². The van der Waals surface area contributed by atoms with Crippen molar-refractivity contribution < 1.29 is 13.2 Å². The first-order valence-electron chi connectivity index (χ1n) is 9.02. The van der Waals surface area contributed by atoms with E-state index in [9.17, 15) is 13.2 Å². The lowest BCUT2D eigenvalue weighted by Crippen LogP contribution is -2.23. The van der Waals surface area contributed by atoms with Crippen LogP contribution in [0, 0.1) is 6.92 Å². The second-order valence-electron chi connectivity index (χ2n) is 6.72. The number of aryl methyl sites for hydroxylation is 1. The molecule has 1 N–H and O–H groups in total. The summed E-state index contributed by atoms with van der Waals surface area (Å²) in [5.74, 6) is 0.224. The molecule has 0 atom stereocenters. The van der Waals surface area contributed by atoms with Gasteiger partial charge >= 0.3 is 0 Å². The normalized spacial score (nSPS) is 11.5. The van der Waals surface area contributed by atoms with Crippen LogP contribution in [0.4, 0.5) is 0 Å². The first-order chi connectivity index (χ1) is 14.3. The Morgan fingerprint density at radius 2 is 1.83 bits per heavy atom. The summed E-state index contributed by atoms with van der Waals surface area (Å²) in [6, 6.07) is 11.0. The van der Waals surface area contributed by atoms with Gasteiger partial charge in [0.1, 0.15) is 0 Å². The van der Waals surface area contributed by atoms with Crippen molar-refractivity contribution in [1.82, 2.24) is 19.7 Å². The summed E-state index contributed by atoms with van der Waals surface area (Å²) in [5, 5.41) is 3.20. The van der Waals surface area contributed by atoms with Crippen LogP contribution >= 0.6 is 11.6 Å². The van der Waals surface area contributed by atoms with E-state index in [1.807, 2.05) is 6.92 Å². The molecule has 2 aromatic carbocycles. The van der Waals surface area contributed by atoms with Gasteiger partial charge in [-0.1, -0.05) is 29.8 Å². The number of benzene rings is 2. The van der Waals surface area contributed by atoms with Crippen molar-refractivity contribution in [3.63, 3.8) is 0 Å². The number of hydrogen-bond acceptors (Lipinski definition) is 5. The molecule has 9 heteroatoms. The molecule has 0 saturated carbocycles. The highest BCUT2D eigenvalue weighted by molar-refractivity contribution is 7.91. The fourth-order valence-electron chi connectivity index (χ4n) is 2.88. The molecule has 2 heterocycles. The highest BCUT2D eigenvalue weighted by atomic mass is 35.5. The fourth-order valence-corrected chi connectivity index (χ4v) is 4.41. The summed E-state index contributed by atoms with van der Waals surface area (Å²) in [6.07, 6.45) is 6.41. The predicted octanol–water partition coefficient (Wildman–Crippen LogP) is 3.45. The maximum atomic E-state index is 12.8. The van der Waals surface area contributed by atoms with Crippen molar-refractivity contribution in [3.8, 4) is 0 Å². The molecular formula is C21H17ClN4O3S. The number of carbonyl (C=O) groups is 1. The largest absolute Gasteiger partial charge is 0.348 e. The predicted molar refractivity (Wildman–Crippen MR) is 112 cm³/mol. The Bertz CT molecular complexity index is 1350. The van der Waals surface area contributed by atoms with Crippen molar-refractivity contribution in [1.29, 1.82) is 0 Å². The highest BCUT2D eigenvalue weighted by Gasteiger charge is 2.18. The minimum atomic E-state index is -3.67. The Morgan fingerprint density at radius 3 is 2.57 bits per heavy atom. The van der Waals surface area contributed by atoms with E-state index in [0.29, 0.717) is 16.4 Å². The number of rotatable bonds is 5. The summed E-state index contributed by atoms with van der Waals surface area (Å²) in [7, 11) is -3.67. The van der Waals surface area contributed by atoms with Gasteiger partial charge in [-0.25, -0.2) is 18.4 Å². The van der Waals surface area contributed by atoms with E-state index in [0.717, 1.165) is 11.1 Å². The van der Waals surface area contributed by atoms with Crippen LogP contribution in [0.1, 0.15) is 21.5 Å².